The van der Waals surface area contributed by atoms with Gasteiger partial charge in [-0.25, -0.2) is 4.79 Å². The molecule has 0 saturated carbocycles. The molecule has 0 aliphatic heterocycles. The van der Waals surface area contributed by atoms with Crippen molar-refractivity contribution >= 4 is 33.2 Å². The molecule has 2 atom stereocenters. The first kappa shape index (κ1) is 15.7. The molecule has 3 aromatic rings. The third-order valence-electron chi connectivity index (χ3n) is 3.83. The van der Waals surface area contributed by atoms with Gasteiger partial charge in [0.25, 0.3) is 0 Å². The van der Waals surface area contributed by atoms with Gasteiger partial charge in [0.05, 0.1) is 35.6 Å². The number of carbonyl (C=O) groups excluding carboxylic acids is 1. The summed E-state index contributed by atoms with van der Waals surface area (Å²) in [5.74, 6) is -0.221. The van der Waals surface area contributed by atoms with Crippen molar-refractivity contribution in [1.82, 2.24) is 4.40 Å². The molecule has 120 valence electrons. The van der Waals surface area contributed by atoms with Gasteiger partial charge in [-0.1, -0.05) is 24.3 Å². The van der Waals surface area contributed by atoms with Gasteiger partial charge in [0.2, 0.25) is 0 Å². The van der Waals surface area contributed by atoms with E-state index in [9.17, 15) is 14.1 Å². The van der Waals surface area contributed by atoms with E-state index in [1.807, 2.05) is 28.7 Å². The Morgan fingerprint density at radius 2 is 2.00 bits per heavy atom. The second-order valence-corrected chi connectivity index (χ2v) is 6.84. The fourth-order valence-corrected chi connectivity index (χ4v) is 3.42. The number of hydrogen-bond acceptors (Lipinski definition) is 4. The minimum absolute atomic E-state index is 0.175. The van der Waals surface area contributed by atoms with Crippen LogP contribution in [0.1, 0.15) is 22.0 Å². The van der Waals surface area contributed by atoms with Crippen LogP contribution in [0.4, 0.5) is 0 Å². The van der Waals surface area contributed by atoms with Gasteiger partial charge in [-0.05, 0) is 17.7 Å². The number of para-hydroxylation sites is 1. The van der Waals surface area contributed by atoms with E-state index in [4.69, 9.17) is 4.74 Å². The summed E-state index contributed by atoms with van der Waals surface area (Å²) < 4.78 is 18.1. The molecule has 23 heavy (non-hydrogen) atoms. The predicted octanol–water partition coefficient (Wildman–Crippen LogP) is 2.29. The third-order valence-corrected chi connectivity index (χ3v) is 4.61. The highest BCUT2D eigenvalue weighted by atomic mass is 32.2. The number of pyridine rings is 1. The normalized spacial score (nSPS) is 14.0. The molecular weight excluding hydrogens is 314 g/mol. The van der Waals surface area contributed by atoms with Crippen molar-refractivity contribution in [2.45, 2.75) is 6.10 Å². The van der Waals surface area contributed by atoms with Crippen LogP contribution in [0.5, 0.6) is 0 Å². The Balaban J connectivity index is 2.25. The van der Waals surface area contributed by atoms with Crippen molar-refractivity contribution in [3.8, 4) is 0 Å². The van der Waals surface area contributed by atoms with Gasteiger partial charge in [-0.2, -0.15) is 0 Å². The van der Waals surface area contributed by atoms with Crippen LogP contribution in [-0.4, -0.2) is 38.8 Å². The van der Waals surface area contributed by atoms with Gasteiger partial charge in [0.1, 0.15) is 0 Å². The molecule has 0 fully saturated rings. The number of aliphatic hydroxyl groups is 1. The molecule has 5 nitrogen and oxygen atoms in total. The fourth-order valence-electron chi connectivity index (χ4n) is 2.79. The zero-order valence-electron chi connectivity index (χ0n) is 12.9. The molecule has 0 bridgehead atoms. The highest BCUT2D eigenvalue weighted by Gasteiger charge is 2.19. The van der Waals surface area contributed by atoms with E-state index in [0.717, 1.165) is 10.9 Å². The zero-order valence-corrected chi connectivity index (χ0v) is 13.7. The average molecular weight is 331 g/mol. The zero-order chi connectivity index (χ0) is 16.6. The minimum Gasteiger partial charge on any atom is -0.465 e. The van der Waals surface area contributed by atoms with E-state index in [1.165, 1.54) is 7.11 Å². The smallest absolute Gasteiger partial charge is 0.340 e. The Morgan fingerprint density at radius 1 is 1.26 bits per heavy atom. The number of ether oxygens (including phenoxy) is 1. The molecule has 3 rings (SSSR count). The van der Waals surface area contributed by atoms with Crippen LogP contribution in [-0.2, 0) is 15.5 Å². The lowest BCUT2D eigenvalue weighted by Gasteiger charge is -2.10. The summed E-state index contributed by atoms with van der Waals surface area (Å²) in [5.41, 5.74) is 2.73. The number of rotatable bonds is 4. The molecule has 0 amide bonds. The average Bonchev–Trinajstić information content (AvgIpc) is 2.87. The van der Waals surface area contributed by atoms with E-state index < -0.39 is 22.9 Å². The number of hydrogen-bond donors (Lipinski definition) is 1. The predicted molar refractivity (Wildman–Crippen MR) is 90.1 cm³/mol. The number of nitrogens with zero attached hydrogens (tertiary/aromatic N) is 1. The largest absolute Gasteiger partial charge is 0.465 e. The van der Waals surface area contributed by atoms with E-state index in [2.05, 4.69) is 0 Å². The lowest BCUT2D eigenvalue weighted by molar-refractivity contribution is 0.0605. The van der Waals surface area contributed by atoms with Gasteiger partial charge < -0.3 is 14.2 Å². The van der Waals surface area contributed by atoms with E-state index in [-0.39, 0.29) is 5.75 Å². The summed E-state index contributed by atoms with van der Waals surface area (Å²) in [7, 11) is 0.263. The number of methoxy groups -OCH3 is 1. The van der Waals surface area contributed by atoms with Gasteiger partial charge in [0, 0.05) is 28.6 Å². The Morgan fingerprint density at radius 3 is 2.70 bits per heavy atom. The number of esters is 1. The van der Waals surface area contributed by atoms with E-state index in [1.54, 1.807) is 24.6 Å². The van der Waals surface area contributed by atoms with Crippen LogP contribution in [0.25, 0.3) is 16.4 Å². The molecule has 2 heterocycles. The Labute approximate surface area is 135 Å². The van der Waals surface area contributed by atoms with Crippen LogP contribution in [0.15, 0.2) is 42.6 Å². The van der Waals surface area contributed by atoms with Crippen LogP contribution < -0.4 is 0 Å². The molecule has 2 unspecified atom stereocenters. The van der Waals surface area contributed by atoms with Crippen LogP contribution in [0, 0.1) is 0 Å². The van der Waals surface area contributed by atoms with Crippen molar-refractivity contribution in [3.05, 3.63) is 53.7 Å². The summed E-state index contributed by atoms with van der Waals surface area (Å²) in [6, 6.07) is 11.1. The molecule has 6 heteroatoms. The molecule has 0 saturated heterocycles. The maximum Gasteiger partial charge on any atom is 0.340 e. The first-order chi connectivity index (χ1) is 11.0. The summed E-state index contributed by atoms with van der Waals surface area (Å²) in [6.45, 7) is 0. The lowest BCUT2D eigenvalue weighted by atomic mass is 10.1. The third kappa shape index (κ3) is 2.75. The summed E-state index contributed by atoms with van der Waals surface area (Å²) in [6.07, 6.45) is 2.53. The van der Waals surface area contributed by atoms with Crippen LogP contribution in [0.2, 0.25) is 0 Å². The molecule has 0 aliphatic carbocycles. The van der Waals surface area contributed by atoms with Crippen molar-refractivity contribution in [1.29, 1.82) is 0 Å². The molecule has 0 radical (unpaired) electrons. The summed E-state index contributed by atoms with van der Waals surface area (Å²) in [5, 5.41) is 11.0. The second kappa shape index (κ2) is 6.14. The highest BCUT2D eigenvalue weighted by molar-refractivity contribution is 7.84. The monoisotopic (exact) mass is 331 g/mol. The van der Waals surface area contributed by atoms with Gasteiger partial charge in [0.15, 0.2) is 0 Å². The van der Waals surface area contributed by atoms with Gasteiger partial charge in [-0.3, -0.25) is 4.21 Å². The quantitative estimate of drug-likeness (QED) is 0.745. The van der Waals surface area contributed by atoms with E-state index >= 15 is 0 Å². The van der Waals surface area contributed by atoms with Crippen molar-refractivity contribution in [2.24, 2.45) is 0 Å². The standard InChI is InChI=1S/C17H17NO4S/c1-22-17(20)16-12-5-3-4-6-13(12)18-9-11(7-8-14(16)18)15(19)10-23(2)21/h3-9,15,19H,10H2,1-2H3. The molecule has 0 aliphatic rings. The molecule has 2 aromatic heterocycles. The van der Waals surface area contributed by atoms with Gasteiger partial charge >= 0.3 is 5.97 Å². The van der Waals surface area contributed by atoms with Crippen molar-refractivity contribution in [3.63, 3.8) is 0 Å². The lowest BCUT2D eigenvalue weighted by Crippen LogP contribution is -2.08. The molecule has 1 N–H and O–H groups in total. The maximum absolute atomic E-state index is 12.1. The maximum atomic E-state index is 12.1. The molecule has 1 aromatic carbocycles. The number of benzene rings is 1. The summed E-state index contributed by atoms with van der Waals surface area (Å²) in [4.78, 5) is 12.1. The Kier molecular flexibility index (Phi) is 4.19. The first-order valence-electron chi connectivity index (χ1n) is 7.12. The van der Waals surface area contributed by atoms with Crippen molar-refractivity contribution < 1.29 is 18.8 Å². The molecule has 0 spiro atoms. The summed E-state index contributed by atoms with van der Waals surface area (Å²) >= 11 is 0. The minimum atomic E-state index is -1.09. The first-order valence-corrected chi connectivity index (χ1v) is 8.84. The topological polar surface area (TPSA) is 68.0 Å². The number of carbonyl (C=O) groups is 1. The number of aromatic nitrogens is 1. The van der Waals surface area contributed by atoms with Crippen LogP contribution in [0.3, 0.4) is 0 Å². The second-order valence-electron chi connectivity index (χ2n) is 5.36. The van der Waals surface area contributed by atoms with Crippen molar-refractivity contribution in [2.75, 3.05) is 19.1 Å². The Hall–Kier alpha value is -2.18. The molecular formula is C17H17NO4S. The number of aliphatic hydroxyl groups excluding tert-OH is 1. The Bertz CT molecular complexity index is 915. The highest BCUT2D eigenvalue weighted by Crippen LogP contribution is 2.29. The van der Waals surface area contributed by atoms with Crippen LogP contribution >= 0.6 is 0 Å². The van der Waals surface area contributed by atoms with Gasteiger partial charge in [-0.15, -0.1) is 0 Å². The van der Waals surface area contributed by atoms with E-state index in [0.29, 0.717) is 16.6 Å². The number of fused-ring (bicyclic) bond motifs is 3. The SMILES string of the molecule is COC(=O)c1c2ccccc2n2cc(C(O)CS(C)=O)ccc12. The fraction of sp³-hybridized carbons (Fsp3) is 0.235.